The molecule has 11 heteroatoms. The molecular formula is C18H14N4O5S2. The lowest BCUT2D eigenvalue weighted by Gasteiger charge is -2.21. The number of thiazole rings is 1. The summed E-state index contributed by atoms with van der Waals surface area (Å²) in [6.45, 7) is 1.45. The molecule has 1 atom stereocenters. The van der Waals surface area contributed by atoms with Crippen LogP contribution < -0.4 is 10.5 Å². The molecule has 0 radical (unpaired) electrons. The van der Waals surface area contributed by atoms with Crippen molar-refractivity contribution >= 4 is 54.4 Å². The van der Waals surface area contributed by atoms with Gasteiger partial charge in [0.1, 0.15) is 6.04 Å². The molecule has 3 N–H and O–H groups in total. The molecule has 2 heterocycles. The first-order valence-corrected chi connectivity index (χ1v) is 10.7. The number of carbonyl (C=O) groups excluding carboxylic acids is 3. The predicted molar refractivity (Wildman–Crippen MR) is 106 cm³/mol. The number of anilines is 1. The van der Waals surface area contributed by atoms with E-state index in [1.165, 1.54) is 37.3 Å². The molecule has 148 valence electrons. The van der Waals surface area contributed by atoms with E-state index in [4.69, 9.17) is 5.14 Å². The van der Waals surface area contributed by atoms with E-state index in [1.54, 1.807) is 12.1 Å². The third-order valence-electron chi connectivity index (χ3n) is 4.51. The van der Waals surface area contributed by atoms with Crippen molar-refractivity contribution in [1.29, 1.82) is 0 Å². The summed E-state index contributed by atoms with van der Waals surface area (Å²) >= 11 is 1.05. The molecule has 2 aromatic carbocycles. The summed E-state index contributed by atoms with van der Waals surface area (Å²) < 4.78 is 23.5. The van der Waals surface area contributed by atoms with Crippen molar-refractivity contribution in [3.63, 3.8) is 0 Å². The zero-order chi connectivity index (χ0) is 20.9. The molecular weight excluding hydrogens is 416 g/mol. The zero-order valence-corrected chi connectivity index (χ0v) is 16.6. The van der Waals surface area contributed by atoms with Crippen LogP contribution in [0.15, 0.2) is 47.4 Å². The van der Waals surface area contributed by atoms with E-state index in [0.717, 1.165) is 16.2 Å². The number of aromatic nitrogens is 1. The molecule has 0 fully saturated rings. The van der Waals surface area contributed by atoms with Crippen molar-refractivity contribution in [2.24, 2.45) is 5.14 Å². The molecule has 0 aliphatic carbocycles. The van der Waals surface area contributed by atoms with Crippen LogP contribution in [0.5, 0.6) is 0 Å². The van der Waals surface area contributed by atoms with Crippen molar-refractivity contribution < 1.29 is 22.8 Å². The third kappa shape index (κ3) is 3.28. The molecule has 1 aliphatic heterocycles. The molecule has 9 nitrogen and oxygen atoms in total. The number of nitrogens with zero attached hydrogens (tertiary/aromatic N) is 2. The van der Waals surface area contributed by atoms with Gasteiger partial charge in [0.15, 0.2) is 5.13 Å². The fourth-order valence-corrected chi connectivity index (χ4v) is 4.54. The summed E-state index contributed by atoms with van der Waals surface area (Å²) in [5.41, 5.74) is 0.992. The van der Waals surface area contributed by atoms with Crippen molar-refractivity contribution in [3.05, 3.63) is 53.6 Å². The van der Waals surface area contributed by atoms with Gasteiger partial charge < -0.3 is 5.32 Å². The Morgan fingerprint density at radius 1 is 1.14 bits per heavy atom. The minimum absolute atomic E-state index is 0.0640. The molecule has 1 aliphatic rings. The predicted octanol–water partition coefficient (Wildman–Crippen LogP) is 1.57. The second-order valence-corrected chi connectivity index (χ2v) is 8.98. The molecule has 0 saturated heterocycles. The van der Waals surface area contributed by atoms with Crippen molar-refractivity contribution in [3.8, 4) is 0 Å². The standard InChI is InChI=1S/C18H14N4O5S2/c1-9(22-16(24)11-4-2-3-5-12(11)17(22)25)15(23)21-18-20-13-7-6-10(29(19,26)27)8-14(13)28-18/h2-9H,1H3,(H2,19,26,27)(H,20,21,23)/t9-/m1/s1. The number of sulfonamides is 1. The van der Waals surface area contributed by atoms with E-state index in [9.17, 15) is 22.8 Å². The van der Waals surface area contributed by atoms with E-state index in [2.05, 4.69) is 10.3 Å². The van der Waals surface area contributed by atoms with Crippen LogP contribution in [0.3, 0.4) is 0 Å². The van der Waals surface area contributed by atoms with Crippen LogP contribution in [0.4, 0.5) is 5.13 Å². The summed E-state index contributed by atoms with van der Waals surface area (Å²) in [5, 5.41) is 7.91. The Labute approximate surface area is 169 Å². The number of rotatable bonds is 4. The van der Waals surface area contributed by atoms with Crippen LogP contribution in [0.25, 0.3) is 10.2 Å². The Kier molecular flexibility index (Phi) is 4.45. The lowest BCUT2D eigenvalue weighted by Crippen LogP contribution is -2.45. The Bertz CT molecular complexity index is 1260. The molecule has 0 unspecified atom stereocenters. The number of primary sulfonamides is 1. The maximum atomic E-state index is 12.6. The maximum Gasteiger partial charge on any atom is 0.262 e. The van der Waals surface area contributed by atoms with Gasteiger partial charge in [-0.25, -0.2) is 18.5 Å². The summed E-state index contributed by atoms with van der Waals surface area (Å²) in [4.78, 5) is 42.8. The summed E-state index contributed by atoms with van der Waals surface area (Å²) in [6.07, 6.45) is 0. The van der Waals surface area contributed by atoms with Crippen LogP contribution in [0.2, 0.25) is 0 Å². The van der Waals surface area contributed by atoms with E-state index in [1.807, 2.05) is 0 Å². The first-order valence-electron chi connectivity index (χ1n) is 8.38. The second-order valence-electron chi connectivity index (χ2n) is 6.38. The zero-order valence-electron chi connectivity index (χ0n) is 14.9. The van der Waals surface area contributed by atoms with Crippen LogP contribution in [0.1, 0.15) is 27.6 Å². The normalized spacial score (nSPS) is 14.9. The fourth-order valence-electron chi connectivity index (χ4n) is 3.02. The molecule has 4 rings (SSSR count). The number of amides is 3. The topological polar surface area (TPSA) is 140 Å². The lowest BCUT2D eigenvalue weighted by molar-refractivity contribution is -0.119. The summed E-state index contributed by atoms with van der Waals surface area (Å²) in [7, 11) is -3.86. The number of nitrogens with one attached hydrogen (secondary N) is 1. The Balaban J connectivity index is 1.57. The van der Waals surface area contributed by atoms with Crippen LogP contribution >= 0.6 is 11.3 Å². The molecule has 3 aromatic rings. The Morgan fingerprint density at radius 3 is 2.34 bits per heavy atom. The monoisotopic (exact) mass is 430 g/mol. The third-order valence-corrected chi connectivity index (χ3v) is 6.36. The minimum Gasteiger partial charge on any atom is -0.300 e. The van der Waals surface area contributed by atoms with E-state index < -0.39 is 33.8 Å². The van der Waals surface area contributed by atoms with Crippen LogP contribution in [-0.2, 0) is 14.8 Å². The quantitative estimate of drug-likeness (QED) is 0.602. The van der Waals surface area contributed by atoms with Gasteiger partial charge in [0.2, 0.25) is 15.9 Å². The van der Waals surface area contributed by atoms with Gasteiger partial charge in [-0.1, -0.05) is 23.5 Å². The van der Waals surface area contributed by atoms with Gasteiger partial charge in [-0.2, -0.15) is 0 Å². The van der Waals surface area contributed by atoms with Gasteiger partial charge in [0, 0.05) is 0 Å². The minimum atomic E-state index is -3.86. The summed E-state index contributed by atoms with van der Waals surface area (Å²) in [5.74, 6) is -1.66. The van der Waals surface area contributed by atoms with Gasteiger partial charge in [-0.15, -0.1) is 0 Å². The molecule has 1 aromatic heterocycles. The number of fused-ring (bicyclic) bond motifs is 2. The highest BCUT2D eigenvalue weighted by Crippen LogP contribution is 2.29. The molecule has 0 saturated carbocycles. The van der Waals surface area contributed by atoms with E-state index in [0.29, 0.717) is 10.2 Å². The van der Waals surface area contributed by atoms with Gasteiger partial charge in [0.05, 0.1) is 26.2 Å². The summed E-state index contributed by atoms with van der Waals surface area (Å²) in [6, 6.07) is 9.48. The number of hydrogen-bond donors (Lipinski definition) is 2. The first kappa shape index (κ1) is 19.2. The molecule has 0 spiro atoms. The molecule has 0 bridgehead atoms. The highest BCUT2D eigenvalue weighted by Gasteiger charge is 2.40. The highest BCUT2D eigenvalue weighted by molar-refractivity contribution is 7.89. The largest absolute Gasteiger partial charge is 0.300 e. The molecule has 29 heavy (non-hydrogen) atoms. The highest BCUT2D eigenvalue weighted by atomic mass is 32.2. The van der Waals surface area contributed by atoms with Crippen molar-refractivity contribution in [2.45, 2.75) is 17.9 Å². The number of benzene rings is 2. The van der Waals surface area contributed by atoms with Gasteiger partial charge >= 0.3 is 0 Å². The smallest absolute Gasteiger partial charge is 0.262 e. The number of carbonyl (C=O) groups is 3. The number of imide groups is 1. The van der Waals surface area contributed by atoms with Gasteiger partial charge in [-0.3, -0.25) is 19.3 Å². The Hall–Kier alpha value is -3.15. The van der Waals surface area contributed by atoms with E-state index >= 15 is 0 Å². The first-order chi connectivity index (χ1) is 13.7. The van der Waals surface area contributed by atoms with E-state index in [-0.39, 0.29) is 21.2 Å². The lowest BCUT2D eigenvalue weighted by atomic mass is 10.1. The average Bonchev–Trinajstić information content (AvgIpc) is 3.18. The van der Waals surface area contributed by atoms with Crippen molar-refractivity contribution in [2.75, 3.05) is 5.32 Å². The fraction of sp³-hybridized carbons (Fsp3) is 0.111. The average molecular weight is 430 g/mol. The van der Waals surface area contributed by atoms with Crippen LogP contribution in [0, 0.1) is 0 Å². The number of hydrogen-bond acceptors (Lipinski definition) is 7. The molecule has 3 amide bonds. The second kappa shape index (κ2) is 6.72. The van der Waals surface area contributed by atoms with Crippen molar-refractivity contribution in [1.82, 2.24) is 9.88 Å². The van der Waals surface area contributed by atoms with Gasteiger partial charge in [-0.05, 0) is 37.3 Å². The van der Waals surface area contributed by atoms with Crippen LogP contribution in [-0.4, -0.2) is 42.1 Å². The Morgan fingerprint density at radius 2 is 1.76 bits per heavy atom. The SMILES string of the molecule is C[C@H](C(=O)Nc1nc2ccc(S(N)(=O)=O)cc2s1)N1C(=O)c2ccccc2C1=O. The number of nitrogens with two attached hydrogens (primary N) is 1. The van der Waals surface area contributed by atoms with Gasteiger partial charge in [0.25, 0.3) is 11.8 Å². The maximum absolute atomic E-state index is 12.6.